The first-order valence-corrected chi connectivity index (χ1v) is 11.6. The molecule has 2 amide bonds. The topological polar surface area (TPSA) is 95.6 Å². The number of nitrogens with one attached hydrogen (secondary N) is 2. The lowest BCUT2D eigenvalue weighted by Crippen LogP contribution is -2.38. The maximum Gasteiger partial charge on any atom is 0.253 e. The molecule has 0 spiro atoms. The van der Waals surface area contributed by atoms with Gasteiger partial charge in [0.1, 0.15) is 6.54 Å². The van der Waals surface area contributed by atoms with Crippen molar-refractivity contribution in [1.29, 1.82) is 0 Å². The Morgan fingerprint density at radius 1 is 1.07 bits per heavy atom. The third-order valence-electron chi connectivity index (χ3n) is 4.90. The highest BCUT2D eigenvalue weighted by atomic mass is 32.2. The van der Waals surface area contributed by atoms with E-state index in [0.29, 0.717) is 16.9 Å². The second-order valence-electron chi connectivity index (χ2n) is 7.41. The van der Waals surface area contributed by atoms with Crippen LogP contribution in [0.2, 0.25) is 0 Å². The second kappa shape index (κ2) is 9.75. The molecule has 2 aromatic rings. The minimum absolute atomic E-state index is 0.00763. The second-order valence-corrected chi connectivity index (χ2v) is 9.32. The Bertz CT molecular complexity index is 1030. The molecule has 0 heterocycles. The summed E-state index contributed by atoms with van der Waals surface area (Å²) in [4.78, 5) is 25.2. The monoisotopic (exact) mass is 431 g/mol. The van der Waals surface area contributed by atoms with Crippen LogP contribution in [0.4, 0.5) is 11.4 Å². The van der Waals surface area contributed by atoms with E-state index >= 15 is 0 Å². The van der Waals surface area contributed by atoms with Crippen molar-refractivity contribution in [1.82, 2.24) is 5.32 Å². The SMILES string of the molecule is CC[C@@H](C)NC(=O)c1ccccc1NC(=O)CN(c1ccc(C)c(C)c1)S(C)(=O)=O. The van der Waals surface area contributed by atoms with E-state index in [1.807, 2.05) is 33.8 Å². The third kappa shape index (κ3) is 6.06. The number of benzene rings is 2. The van der Waals surface area contributed by atoms with E-state index < -0.39 is 22.5 Å². The lowest BCUT2D eigenvalue weighted by Gasteiger charge is -2.23. The average molecular weight is 432 g/mol. The number of carbonyl (C=O) groups excluding carboxylic acids is 2. The van der Waals surface area contributed by atoms with Crippen LogP contribution in [0, 0.1) is 13.8 Å². The molecular weight excluding hydrogens is 402 g/mol. The lowest BCUT2D eigenvalue weighted by atomic mass is 10.1. The van der Waals surface area contributed by atoms with Crippen molar-refractivity contribution in [2.75, 3.05) is 22.4 Å². The van der Waals surface area contributed by atoms with Gasteiger partial charge in [0.2, 0.25) is 15.9 Å². The van der Waals surface area contributed by atoms with Gasteiger partial charge in [0, 0.05) is 6.04 Å². The summed E-state index contributed by atoms with van der Waals surface area (Å²) in [5.41, 5.74) is 3.02. The van der Waals surface area contributed by atoms with Gasteiger partial charge in [-0.05, 0) is 62.6 Å². The first-order valence-electron chi connectivity index (χ1n) is 9.77. The van der Waals surface area contributed by atoms with Gasteiger partial charge < -0.3 is 10.6 Å². The van der Waals surface area contributed by atoms with E-state index in [1.54, 1.807) is 36.4 Å². The van der Waals surface area contributed by atoms with Gasteiger partial charge in [0.15, 0.2) is 0 Å². The predicted molar refractivity (Wildman–Crippen MR) is 120 cm³/mol. The van der Waals surface area contributed by atoms with Gasteiger partial charge in [-0.25, -0.2) is 8.42 Å². The van der Waals surface area contributed by atoms with Crippen molar-refractivity contribution in [2.24, 2.45) is 0 Å². The molecule has 2 rings (SSSR count). The van der Waals surface area contributed by atoms with Crippen LogP contribution in [0.15, 0.2) is 42.5 Å². The van der Waals surface area contributed by atoms with Crippen molar-refractivity contribution in [3.8, 4) is 0 Å². The number of amides is 2. The van der Waals surface area contributed by atoms with E-state index in [-0.39, 0.29) is 11.9 Å². The van der Waals surface area contributed by atoms with Crippen LogP contribution in [0.1, 0.15) is 41.8 Å². The van der Waals surface area contributed by atoms with E-state index in [9.17, 15) is 18.0 Å². The van der Waals surface area contributed by atoms with Gasteiger partial charge in [-0.2, -0.15) is 0 Å². The Balaban J connectivity index is 2.24. The largest absolute Gasteiger partial charge is 0.350 e. The molecule has 8 heteroatoms. The fraction of sp³-hybridized carbons (Fsp3) is 0.364. The number of nitrogens with zero attached hydrogens (tertiary/aromatic N) is 1. The molecule has 0 bridgehead atoms. The van der Waals surface area contributed by atoms with Crippen LogP contribution in [0.25, 0.3) is 0 Å². The van der Waals surface area contributed by atoms with Crippen molar-refractivity contribution in [3.63, 3.8) is 0 Å². The zero-order valence-electron chi connectivity index (χ0n) is 18.0. The van der Waals surface area contributed by atoms with E-state index in [2.05, 4.69) is 10.6 Å². The first-order chi connectivity index (χ1) is 14.0. The number of rotatable bonds is 8. The summed E-state index contributed by atoms with van der Waals surface area (Å²) in [5, 5.41) is 5.54. The first kappa shape index (κ1) is 23.4. The van der Waals surface area contributed by atoms with Crippen LogP contribution >= 0.6 is 0 Å². The Kier molecular flexibility index (Phi) is 7.61. The summed E-state index contributed by atoms with van der Waals surface area (Å²) in [5.74, 6) is -0.836. The van der Waals surface area contributed by atoms with Gasteiger partial charge in [-0.15, -0.1) is 0 Å². The van der Waals surface area contributed by atoms with Gasteiger partial charge >= 0.3 is 0 Å². The van der Waals surface area contributed by atoms with Crippen LogP contribution in [0.3, 0.4) is 0 Å². The van der Waals surface area contributed by atoms with Crippen molar-refractivity contribution in [3.05, 3.63) is 59.2 Å². The van der Waals surface area contributed by atoms with Gasteiger partial charge in [0.05, 0.1) is 23.2 Å². The molecule has 162 valence electrons. The summed E-state index contributed by atoms with van der Waals surface area (Å²) >= 11 is 0. The van der Waals surface area contributed by atoms with E-state index in [1.165, 1.54) is 0 Å². The number of aryl methyl sites for hydroxylation is 2. The van der Waals surface area contributed by atoms with Crippen LogP contribution in [-0.2, 0) is 14.8 Å². The average Bonchev–Trinajstić information content (AvgIpc) is 2.67. The van der Waals surface area contributed by atoms with Gasteiger partial charge in [-0.1, -0.05) is 25.1 Å². The van der Waals surface area contributed by atoms with Crippen LogP contribution < -0.4 is 14.9 Å². The Hall–Kier alpha value is -2.87. The number of hydrogen-bond donors (Lipinski definition) is 2. The quantitative estimate of drug-likeness (QED) is 0.671. The van der Waals surface area contributed by atoms with Crippen LogP contribution in [0.5, 0.6) is 0 Å². The number of hydrogen-bond acceptors (Lipinski definition) is 4. The maximum absolute atomic E-state index is 12.7. The normalized spacial score (nSPS) is 12.2. The number of sulfonamides is 1. The molecule has 0 unspecified atom stereocenters. The molecule has 1 atom stereocenters. The molecule has 0 saturated heterocycles. The highest BCUT2D eigenvalue weighted by Crippen LogP contribution is 2.22. The molecule has 2 aromatic carbocycles. The molecule has 7 nitrogen and oxygen atoms in total. The summed E-state index contributed by atoms with van der Waals surface area (Å²) < 4.78 is 25.7. The van der Waals surface area contributed by atoms with Crippen molar-refractivity contribution < 1.29 is 18.0 Å². The highest BCUT2D eigenvalue weighted by Gasteiger charge is 2.22. The fourth-order valence-corrected chi connectivity index (χ4v) is 3.64. The molecule has 0 aromatic heterocycles. The summed E-state index contributed by atoms with van der Waals surface area (Å²) in [6, 6.07) is 11.9. The van der Waals surface area contributed by atoms with Crippen molar-refractivity contribution in [2.45, 2.75) is 40.2 Å². The lowest BCUT2D eigenvalue weighted by molar-refractivity contribution is -0.114. The van der Waals surface area contributed by atoms with Crippen LogP contribution in [-0.4, -0.2) is 39.1 Å². The van der Waals surface area contributed by atoms with Gasteiger partial charge in [-0.3, -0.25) is 13.9 Å². The fourth-order valence-electron chi connectivity index (χ4n) is 2.79. The molecule has 0 fully saturated rings. The van der Waals surface area contributed by atoms with Gasteiger partial charge in [0.25, 0.3) is 5.91 Å². The number of carbonyl (C=O) groups is 2. The zero-order valence-corrected chi connectivity index (χ0v) is 18.8. The smallest absolute Gasteiger partial charge is 0.253 e. The molecule has 0 aliphatic rings. The number of para-hydroxylation sites is 1. The molecule has 2 N–H and O–H groups in total. The minimum Gasteiger partial charge on any atom is -0.350 e. The Labute approximate surface area is 178 Å². The minimum atomic E-state index is -3.69. The highest BCUT2D eigenvalue weighted by molar-refractivity contribution is 7.92. The molecular formula is C22H29N3O4S. The third-order valence-corrected chi connectivity index (χ3v) is 6.04. The Morgan fingerprint density at radius 3 is 2.33 bits per heavy atom. The molecule has 0 aliphatic carbocycles. The van der Waals surface area contributed by atoms with E-state index in [4.69, 9.17) is 0 Å². The predicted octanol–water partition coefficient (Wildman–Crippen LogP) is 3.24. The summed E-state index contributed by atoms with van der Waals surface area (Å²) in [6.45, 7) is 7.27. The standard InChI is InChI=1S/C22H29N3O4S/c1-6-17(4)23-22(27)19-9-7-8-10-20(19)24-21(26)14-25(30(5,28)29)18-12-11-15(2)16(3)13-18/h7-13,17H,6,14H2,1-5H3,(H,23,27)(H,24,26)/t17-/m1/s1. The maximum atomic E-state index is 12.7. The molecule has 30 heavy (non-hydrogen) atoms. The zero-order chi connectivity index (χ0) is 22.5. The van der Waals surface area contributed by atoms with Crippen molar-refractivity contribution >= 4 is 33.2 Å². The summed E-state index contributed by atoms with van der Waals surface area (Å²) in [6.07, 6.45) is 1.84. The molecule has 0 aliphatic heterocycles. The molecule has 0 radical (unpaired) electrons. The van der Waals surface area contributed by atoms with E-state index in [0.717, 1.165) is 28.1 Å². The summed E-state index contributed by atoms with van der Waals surface area (Å²) in [7, 11) is -3.69. The number of anilines is 2. The Morgan fingerprint density at radius 2 is 1.73 bits per heavy atom. The molecule has 0 saturated carbocycles.